The van der Waals surface area contributed by atoms with Crippen LogP contribution < -0.4 is 0 Å². The first kappa shape index (κ1) is 18.2. The zero-order valence-corrected chi connectivity index (χ0v) is 15.7. The molecular weight excluding hydrogens is 373 g/mol. The Labute approximate surface area is 168 Å². The van der Waals surface area contributed by atoms with Gasteiger partial charge in [0.1, 0.15) is 5.82 Å². The molecule has 0 unspecified atom stereocenters. The van der Waals surface area contributed by atoms with E-state index >= 15 is 0 Å². The number of carbonyl (C=O) groups is 1. The van der Waals surface area contributed by atoms with E-state index < -0.39 is 0 Å². The molecule has 0 bridgehead atoms. The fraction of sp³-hybridized carbons (Fsp3) is 0.0417. The molecule has 1 heterocycles. The standard InChI is InChI=1S/C24H17ClFNO/c25-21-10-8-19(9-11-21)23-15-20(14-17-6-12-22(26)13-7-17)24(28)27(23)16-18-4-2-1-3-5-18/h1-15H,16H2/b20-14+. The molecule has 1 aliphatic rings. The molecule has 0 aromatic heterocycles. The van der Waals surface area contributed by atoms with Crippen LogP contribution in [0.4, 0.5) is 4.39 Å². The lowest BCUT2D eigenvalue weighted by molar-refractivity contribution is -0.123. The Balaban J connectivity index is 1.73. The average molecular weight is 390 g/mol. The number of hydrogen-bond acceptors (Lipinski definition) is 1. The Morgan fingerprint density at radius 1 is 0.893 bits per heavy atom. The topological polar surface area (TPSA) is 20.3 Å². The quantitative estimate of drug-likeness (QED) is 0.505. The van der Waals surface area contributed by atoms with Gasteiger partial charge in [0.25, 0.3) is 5.91 Å². The van der Waals surface area contributed by atoms with Crippen LogP contribution in [0.25, 0.3) is 11.8 Å². The van der Waals surface area contributed by atoms with Gasteiger partial charge in [0.05, 0.1) is 12.2 Å². The van der Waals surface area contributed by atoms with Crippen molar-refractivity contribution in [2.75, 3.05) is 0 Å². The van der Waals surface area contributed by atoms with E-state index in [1.165, 1.54) is 12.1 Å². The van der Waals surface area contributed by atoms with E-state index in [4.69, 9.17) is 11.6 Å². The number of benzene rings is 3. The molecule has 4 heteroatoms. The summed E-state index contributed by atoms with van der Waals surface area (Å²) in [5.41, 5.74) is 4.11. The highest BCUT2D eigenvalue weighted by atomic mass is 35.5. The SMILES string of the molecule is O=C1/C(=C/c2ccc(F)cc2)C=C(c2ccc(Cl)cc2)N1Cc1ccccc1. The van der Waals surface area contributed by atoms with Crippen LogP contribution in [0.1, 0.15) is 16.7 Å². The summed E-state index contributed by atoms with van der Waals surface area (Å²) >= 11 is 6.02. The molecule has 0 atom stereocenters. The van der Waals surface area contributed by atoms with Gasteiger partial charge in [-0.2, -0.15) is 0 Å². The van der Waals surface area contributed by atoms with Crippen LogP contribution in [0.2, 0.25) is 5.02 Å². The Hall–Kier alpha value is -3.17. The predicted molar refractivity (Wildman–Crippen MR) is 111 cm³/mol. The molecule has 1 aliphatic heterocycles. The highest BCUT2D eigenvalue weighted by Crippen LogP contribution is 2.32. The second-order valence-corrected chi connectivity index (χ2v) is 7.00. The molecular formula is C24H17ClFNO. The maximum Gasteiger partial charge on any atom is 0.258 e. The van der Waals surface area contributed by atoms with E-state index in [1.807, 2.05) is 60.7 Å². The number of hydrogen-bond donors (Lipinski definition) is 0. The van der Waals surface area contributed by atoms with Crippen LogP contribution in [-0.2, 0) is 11.3 Å². The van der Waals surface area contributed by atoms with Crippen molar-refractivity contribution in [3.63, 3.8) is 0 Å². The third-order valence-electron chi connectivity index (χ3n) is 4.59. The van der Waals surface area contributed by atoms with Crippen molar-refractivity contribution in [3.8, 4) is 0 Å². The fourth-order valence-corrected chi connectivity index (χ4v) is 3.30. The van der Waals surface area contributed by atoms with Crippen molar-refractivity contribution in [2.24, 2.45) is 0 Å². The van der Waals surface area contributed by atoms with E-state index in [0.717, 1.165) is 22.4 Å². The summed E-state index contributed by atoms with van der Waals surface area (Å²) < 4.78 is 13.2. The maximum atomic E-state index is 13.2. The highest BCUT2D eigenvalue weighted by Gasteiger charge is 2.29. The number of nitrogens with zero attached hydrogens (tertiary/aromatic N) is 1. The van der Waals surface area contributed by atoms with Crippen molar-refractivity contribution in [1.29, 1.82) is 0 Å². The molecule has 2 nitrogen and oxygen atoms in total. The monoisotopic (exact) mass is 389 g/mol. The number of carbonyl (C=O) groups excluding carboxylic acids is 1. The Morgan fingerprint density at radius 2 is 1.57 bits per heavy atom. The van der Waals surface area contributed by atoms with E-state index in [9.17, 15) is 9.18 Å². The van der Waals surface area contributed by atoms with Crippen LogP contribution in [0.15, 0.2) is 90.5 Å². The average Bonchev–Trinajstić information content (AvgIpc) is 3.01. The van der Waals surface area contributed by atoms with Gasteiger partial charge in [-0.1, -0.05) is 66.2 Å². The first-order valence-electron chi connectivity index (χ1n) is 8.91. The van der Waals surface area contributed by atoms with Gasteiger partial charge in [0.15, 0.2) is 0 Å². The Bertz CT molecular complexity index is 1050. The van der Waals surface area contributed by atoms with E-state index in [0.29, 0.717) is 17.1 Å². The molecule has 0 fully saturated rings. The molecule has 0 spiro atoms. The van der Waals surface area contributed by atoms with Crippen LogP contribution in [0.3, 0.4) is 0 Å². The molecule has 0 radical (unpaired) electrons. The largest absolute Gasteiger partial charge is 0.303 e. The summed E-state index contributed by atoms with van der Waals surface area (Å²) in [5.74, 6) is -0.388. The molecule has 0 aliphatic carbocycles. The summed E-state index contributed by atoms with van der Waals surface area (Å²) in [6.07, 6.45) is 3.65. The van der Waals surface area contributed by atoms with E-state index in [2.05, 4.69) is 0 Å². The van der Waals surface area contributed by atoms with Crippen molar-refractivity contribution in [3.05, 3.63) is 118 Å². The minimum Gasteiger partial charge on any atom is -0.303 e. The van der Waals surface area contributed by atoms with Crippen LogP contribution in [-0.4, -0.2) is 10.8 Å². The highest BCUT2D eigenvalue weighted by molar-refractivity contribution is 6.30. The van der Waals surface area contributed by atoms with Gasteiger partial charge in [0.2, 0.25) is 0 Å². The zero-order valence-electron chi connectivity index (χ0n) is 15.0. The normalized spacial score (nSPS) is 15.2. The van der Waals surface area contributed by atoms with Crippen molar-refractivity contribution < 1.29 is 9.18 Å². The number of rotatable bonds is 4. The van der Waals surface area contributed by atoms with Gasteiger partial charge in [-0.3, -0.25) is 4.79 Å². The second kappa shape index (κ2) is 7.83. The molecule has 3 aromatic carbocycles. The first-order chi connectivity index (χ1) is 13.6. The van der Waals surface area contributed by atoms with Crippen molar-refractivity contribution >= 4 is 29.3 Å². The van der Waals surface area contributed by atoms with Gasteiger partial charge in [0, 0.05) is 10.6 Å². The number of halogens is 2. The third kappa shape index (κ3) is 3.90. The summed E-state index contributed by atoms with van der Waals surface area (Å²) in [7, 11) is 0. The van der Waals surface area contributed by atoms with Gasteiger partial charge >= 0.3 is 0 Å². The van der Waals surface area contributed by atoms with Gasteiger partial charge in [-0.15, -0.1) is 0 Å². The van der Waals surface area contributed by atoms with Crippen LogP contribution in [0.5, 0.6) is 0 Å². The Morgan fingerprint density at radius 3 is 2.25 bits per heavy atom. The molecule has 3 aromatic rings. The second-order valence-electron chi connectivity index (χ2n) is 6.56. The van der Waals surface area contributed by atoms with Crippen LogP contribution >= 0.6 is 11.6 Å². The van der Waals surface area contributed by atoms with E-state index in [1.54, 1.807) is 23.1 Å². The summed E-state index contributed by atoms with van der Waals surface area (Å²) in [4.78, 5) is 14.9. The minimum atomic E-state index is -0.303. The first-order valence-corrected chi connectivity index (χ1v) is 9.29. The third-order valence-corrected chi connectivity index (χ3v) is 4.84. The molecule has 1 amide bonds. The van der Waals surface area contributed by atoms with Gasteiger partial charge < -0.3 is 4.90 Å². The Kier molecular flexibility index (Phi) is 5.09. The molecule has 0 N–H and O–H groups in total. The van der Waals surface area contributed by atoms with Crippen molar-refractivity contribution in [2.45, 2.75) is 6.54 Å². The summed E-state index contributed by atoms with van der Waals surface area (Å²) in [6.45, 7) is 0.467. The number of amides is 1. The lowest BCUT2D eigenvalue weighted by atomic mass is 10.1. The maximum absolute atomic E-state index is 13.2. The molecule has 28 heavy (non-hydrogen) atoms. The minimum absolute atomic E-state index is 0.0851. The lowest BCUT2D eigenvalue weighted by Gasteiger charge is -2.21. The predicted octanol–water partition coefficient (Wildman–Crippen LogP) is 5.95. The smallest absolute Gasteiger partial charge is 0.258 e. The molecule has 138 valence electrons. The van der Waals surface area contributed by atoms with E-state index in [-0.39, 0.29) is 11.7 Å². The lowest BCUT2D eigenvalue weighted by Crippen LogP contribution is -2.25. The fourth-order valence-electron chi connectivity index (χ4n) is 3.18. The van der Waals surface area contributed by atoms with Gasteiger partial charge in [-0.05, 0) is 53.1 Å². The molecule has 4 rings (SSSR count). The summed E-state index contributed by atoms with van der Waals surface area (Å²) in [5, 5.41) is 0.644. The summed E-state index contributed by atoms with van der Waals surface area (Å²) in [6, 6.07) is 23.4. The van der Waals surface area contributed by atoms with Crippen molar-refractivity contribution in [1.82, 2.24) is 4.90 Å². The molecule has 0 saturated carbocycles. The zero-order chi connectivity index (χ0) is 19.5. The van der Waals surface area contributed by atoms with Gasteiger partial charge in [-0.25, -0.2) is 4.39 Å². The van der Waals surface area contributed by atoms with Crippen LogP contribution in [0, 0.1) is 5.82 Å². The molecule has 0 saturated heterocycles.